The Morgan fingerprint density at radius 1 is 1.38 bits per heavy atom. The first-order valence-electron chi connectivity index (χ1n) is 4.68. The fraction of sp³-hybridized carbons (Fsp3) is 0.364. The fourth-order valence-corrected chi connectivity index (χ4v) is 1.67. The minimum Gasteiger partial charge on any atom is -0.467 e. The van der Waals surface area contributed by atoms with E-state index in [0.29, 0.717) is 15.6 Å². The number of halogens is 2. The summed E-state index contributed by atoms with van der Waals surface area (Å²) in [5.41, 5.74) is -0.223. The molecule has 1 aromatic rings. The predicted molar refractivity (Wildman–Crippen MR) is 64.9 cm³/mol. The van der Waals surface area contributed by atoms with Crippen molar-refractivity contribution in [3.8, 4) is 0 Å². The van der Waals surface area contributed by atoms with Gasteiger partial charge in [-0.1, -0.05) is 29.3 Å². The lowest BCUT2D eigenvalue weighted by atomic mass is 9.92. The highest BCUT2D eigenvalue weighted by Crippen LogP contribution is 2.29. The van der Waals surface area contributed by atoms with E-state index < -0.39 is 5.54 Å². The van der Waals surface area contributed by atoms with Gasteiger partial charge in [0.15, 0.2) is 0 Å². The zero-order chi connectivity index (χ0) is 12.3. The average molecular weight is 262 g/mol. The third-order valence-electron chi connectivity index (χ3n) is 2.59. The van der Waals surface area contributed by atoms with Crippen molar-refractivity contribution in [1.29, 1.82) is 0 Å². The molecule has 1 aromatic carbocycles. The number of nitrogens with one attached hydrogen (secondary N) is 1. The molecule has 16 heavy (non-hydrogen) atoms. The van der Waals surface area contributed by atoms with Crippen LogP contribution in [0.1, 0.15) is 12.5 Å². The van der Waals surface area contributed by atoms with Crippen LogP contribution >= 0.6 is 23.2 Å². The van der Waals surface area contributed by atoms with Crippen LogP contribution in [0.15, 0.2) is 18.2 Å². The highest BCUT2D eigenvalue weighted by atomic mass is 35.5. The first-order chi connectivity index (χ1) is 7.45. The zero-order valence-electron chi connectivity index (χ0n) is 9.30. The molecule has 1 N–H and O–H groups in total. The van der Waals surface area contributed by atoms with Gasteiger partial charge in [-0.3, -0.25) is 0 Å². The van der Waals surface area contributed by atoms with Crippen LogP contribution in [-0.4, -0.2) is 20.1 Å². The minimum atomic E-state index is -0.928. The third-order valence-corrected chi connectivity index (χ3v) is 3.33. The van der Waals surface area contributed by atoms with Gasteiger partial charge in [0, 0.05) is 0 Å². The van der Waals surface area contributed by atoms with Crippen LogP contribution in [0.25, 0.3) is 0 Å². The van der Waals surface area contributed by atoms with E-state index in [2.05, 4.69) is 5.32 Å². The maximum atomic E-state index is 11.7. The molecule has 0 saturated carbocycles. The molecule has 0 saturated heterocycles. The lowest BCUT2D eigenvalue weighted by Gasteiger charge is -2.26. The van der Waals surface area contributed by atoms with Gasteiger partial charge in [-0.2, -0.15) is 0 Å². The van der Waals surface area contributed by atoms with E-state index in [4.69, 9.17) is 27.9 Å². The van der Waals surface area contributed by atoms with Crippen molar-refractivity contribution < 1.29 is 9.53 Å². The van der Waals surface area contributed by atoms with Gasteiger partial charge in [0.1, 0.15) is 5.54 Å². The van der Waals surface area contributed by atoms with Crippen molar-refractivity contribution in [3.05, 3.63) is 33.8 Å². The molecule has 0 spiro atoms. The first kappa shape index (κ1) is 13.3. The Labute approximate surface area is 105 Å². The van der Waals surface area contributed by atoms with Crippen LogP contribution in [0.3, 0.4) is 0 Å². The molecule has 0 aliphatic heterocycles. The minimum absolute atomic E-state index is 0.381. The lowest BCUT2D eigenvalue weighted by molar-refractivity contribution is -0.148. The summed E-state index contributed by atoms with van der Waals surface area (Å²) < 4.78 is 4.75. The molecule has 1 atom stereocenters. The van der Waals surface area contributed by atoms with Gasteiger partial charge in [0.25, 0.3) is 0 Å². The largest absolute Gasteiger partial charge is 0.467 e. The number of hydrogen-bond donors (Lipinski definition) is 1. The molecule has 0 aromatic heterocycles. The van der Waals surface area contributed by atoms with Crippen LogP contribution in [0.2, 0.25) is 10.0 Å². The van der Waals surface area contributed by atoms with Crippen LogP contribution in [0.5, 0.6) is 0 Å². The van der Waals surface area contributed by atoms with Gasteiger partial charge in [-0.15, -0.1) is 0 Å². The molecular formula is C11H13Cl2NO2. The molecule has 88 valence electrons. The number of esters is 1. The Balaban J connectivity index is 3.23. The van der Waals surface area contributed by atoms with E-state index in [0.717, 1.165) is 0 Å². The highest BCUT2D eigenvalue weighted by molar-refractivity contribution is 6.42. The summed E-state index contributed by atoms with van der Waals surface area (Å²) in [6, 6.07) is 5.04. The van der Waals surface area contributed by atoms with Gasteiger partial charge in [0.2, 0.25) is 0 Å². The molecular weight excluding hydrogens is 249 g/mol. The van der Waals surface area contributed by atoms with E-state index in [-0.39, 0.29) is 5.97 Å². The first-order valence-corrected chi connectivity index (χ1v) is 5.44. The lowest BCUT2D eigenvalue weighted by Crippen LogP contribution is -2.45. The molecule has 0 amide bonds. The van der Waals surface area contributed by atoms with Crippen LogP contribution in [0.4, 0.5) is 0 Å². The second-order valence-corrected chi connectivity index (χ2v) is 4.31. The van der Waals surface area contributed by atoms with Crippen LogP contribution in [-0.2, 0) is 15.1 Å². The fourth-order valence-electron chi connectivity index (χ4n) is 1.38. The molecule has 0 bridgehead atoms. The van der Waals surface area contributed by atoms with E-state index in [1.165, 1.54) is 7.11 Å². The molecule has 0 radical (unpaired) electrons. The summed E-state index contributed by atoms with van der Waals surface area (Å²) in [5.74, 6) is -0.381. The molecule has 0 heterocycles. The monoisotopic (exact) mass is 261 g/mol. The second-order valence-electron chi connectivity index (χ2n) is 3.50. The molecule has 1 rings (SSSR count). The summed E-state index contributed by atoms with van der Waals surface area (Å²) in [6.07, 6.45) is 0. The Morgan fingerprint density at radius 2 is 2.00 bits per heavy atom. The second kappa shape index (κ2) is 5.04. The average Bonchev–Trinajstić information content (AvgIpc) is 2.30. The van der Waals surface area contributed by atoms with Crippen molar-refractivity contribution in [3.63, 3.8) is 0 Å². The number of carbonyl (C=O) groups is 1. The Kier molecular flexibility index (Phi) is 4.19. The number of benzene rings is 1. The van der Waals surface area contributed by atoms with Crippen LogP contribution < -0.4 is 5.32 Å². The van der Waals surface area contributed by atoms with Gasteiger partial charge < -0.3 is 10.1 Å². The molecule has 1 unspecified atom stereocenters. The van der Waals surface area contributed by atoms with Crippen molar-refractivity contribution >= 4 is 29.2 Å². The Morgan fingerprint density at radius 3 is 2.44 bits per heavy atom. The van der Waals surface area contributed by atoms with Crippen LogP contribution in [0, 0.1) is 0 Å². The Hall–Kier alpha value is -0.770. The van der Waals surface area contributed by atoms with E-state index in [1.54, 1.807) is 32.2 Å². The topological polar surface area (TPSA) is 38.3 Å². The summed E-state index contributed by atoms with van der Waals surface area (Å²) in [4.78, 5) is 11.7. The zero-order valence-corrected chi connectivity index (χ0v) is 10.8. The predicted octanol–water partition coefficient (Wildman–Crippen LogP) is 2.60. The Bertz CT molecular complexity index is 409. The quantitative estimate of drug-likeness (QED) is 0.851. The van der Waals surface area contributed by atoms with Crippen molar-refractivity contribution in [2.45, 2.75) is 12.5 Å². The molecule has 0 aliphatic carbocycles. The highest BCUT2D eigenvalue weighted by Gasteiger charge is 2.34. The molecule has 3 nitrogen and oxygen atoms in total. The number of carbonyl (C=O) groups excluding carboxylic acids is 1. The third kappa shape index (κ3) is 2.32. The van der Waals surface area contributed by atoms with E-state index >= 15 is 0 Å². The standard InChI is InChI=1S/C11H13Cl2NO2/c1-11(14-2,10(15)16-3)7-4-5-8(12)9(13)6-7/h4-6,14H,1-3H3. The summed E-state index contributed by atoms with van der Waals surface area (Å²) >= 11 is 11.7. The van der Waals surface area contributed by atoms with Crippen molar-refractivity contribution in [2.75, 3.05) is 14.2 Å². The molecule has 5 heteroatoms. The summed E-state index contributed by atoms with van der Waals surface area (Å²) in [6.45, 7) is 1.72. The molecule has 0 fully saturated rings. The van der Waals surface area contributed by atoms with Crippen molar-refractivity contribution in [1.82, 2.24) is 5.32 Å². The van der Waals surface area contributed by atoms with Gasteiger partial charge >= 0.3 is 5.97 Å². The number of likely N-dealkylation sites (N-methyl/N-ethyl adjacent to an activating group) is 1. The smallest absolute Gasteiger partial charge is 0.330 e. The van der Waals surface area contributed by atoms with Gasteiger partial charge in [-0.05, 0) is 31.7 Å². The number of hydrogen-bond acceptors (Lipinski definition) is 3. The SMILES string of the molecule is CNC(C)(C(=O)OC)c1ccc(Cl)c(Cl)c1. The summed E-state index contributed by atoms with van der Waals surface area (Å²) in [7, 11) is 3.02. The van der Waals surface area contributed by atoms with E-state index in [9.17, 15) is 4.79 Å². The van der Waals surface area contributed by atoms with Gasteiger partial charge in [-0.25, -0.2) is 4.79 Å². The number of ether oxygens (including phenoxy) is 1. The maximum absolute atomic E-state index is 11.7. The van der Waals surface area contributed by atoms with Crippen molar-refractivity contribution in [2.24, 2.45) is 0 Å². The van der Waals surface area contributed by atoms with E-state index in [1.807, 2.05) is 0 Å². The van der Waals surface area contributed by atoms with Gasteiger partial charge in [0.05, 0.1) is 17.2 Å². The maximum Gasteiger partial charge on any atom is 0.330 e. The molecule has 0 aliphatic rings. The number of methoxy groups -OCH3 is 1. The summed E-state index contributed by atoms with van der Waals surface area (Å²) in [5, 5.41) is 3.78. The number of rotatable bonds is 3. The normalized spacial score (nSPS) is 14.3.